The summed E-state index contributed by atoms with van der Waals surface area (Å²) in [5.74, 6) is 1.44. The van der Waals surface area contributed by atoms with Crippen LogP contribution in [0.5, 0.6) is 0 Å². The highest BCUT2D eigenvalue weighted by Gasteiger charge is 2.26. The predicted octanol–water partition coefficient (Wildman–Crippen LogP) is 3.54. The van der Waals surface area contributed by atoms with Gasteiger partial charge in [-0.05, 0) is 43.1 Å². The highest BCUT2D eigenvalue weighted by Crippen LogP contribution is 2.32. The number of carbonyl (C=O) groups is 1. The highest BCUT2D eigenvalue weighted by molar-refractivity contribution is 7.03. The van der Waals surface area contributed by atoms with Crippen LogP contribution in [0.4, 0.5) is 0 Å². The van der Waals surface area contributed by atoms with Crippen LogP contribution in [0.2, 0.25) is 0 Å². The van der Waals surface area contributed by atoms with Crippen LogP contribution >= 0.6 is 11.5 Å². The summed E-state index contributed by atoms with van der Waals surface area (Å²) in [4.78, 5) is 12.0. The summed E-state index contributed by atoms with van der Waals surface area (Å²) in [5.41, 5.74) is 0.819. The fraction of sp³-hybridized carbons (Fsp3) is 0.667. The minimum Gasteiger partial charge on any atom is -0.294 e. The Labute approximate surface area is 94.9 Å². The molecule has 1 fully saturated rings. The minimum absolute atomic E-state index is 0.268. The van der Waals surface area contributed by atoms with Gasteiger partial charge in [-0.1, -0.05) is 13.3 Å². The largest absolute Gasteiger partial charge is 0.294 e. The summed E-state index contributed by atoms with van der Waals surface area (Å²) < 4.78 is 3.99. The van der Waals surface area contributed by atoms with Crippen molar-refractivity contribution in [2.24, 2.45) is 11.8 Å². The van der Waals surface area contributed by atoms with Crippen molar-refractivity contribution in [1.82, 2.24) is 4.37 Å². The summed E-state index contributed by atoms with van der Waals surface area (Å²) in [7, 11) is 0. The fourth-order valence-electron chi connectivity index (χ4n) is 2.40. The van der Waals surface area contributed by atoms with Gasteiger partial charge in [0.25, 0.3) is 0 Å². The average Bonchev–Trinajstić information content (AvgIpc) is 2.82. The van der Waals surface area contributed by atoms with Gasteiger partial charge < -0.3 is 0 Å². The lowest BCUT2D eigenvalue weighted by Crippen LogP contribution is -2.21. The van der Waals surface area contributed by atoms with Crippen molar-refractivity contribution >= 4 is 17.3 Å². The van der Waals surface area contributed by atoms with E-state index >= 15 is 0 Å². The molecule has 0 aromatic carbocycles. The highest BCUT2D eigenvalue weighted by atomic mass is 32.1. The van der Waals surface area contributed by atoms with Gasteiger partial charge >= 0.3 is 0 Å². The Hall–Kier alpha value is -0.700. The molecule has 2 nitrogen and oxygen atoms in total. The molecular formula is C12H17NOS. The molecule has 1 aliphatic carbocycles. The second-order valence-electron chi connectivity index (χ2n) is 4.40. The predicted molar refractivity (Wildman–Crippen MR) is 62.2 cm³/mol. The van der Waals surface area contributed by atoms with E-state index in [9.17, 15) is 4.79 Å². The van der Waals surface area contributed by atoms with E-state index in [-0.39, 0.29) is 5.92 Å². The van der Waals surface area contributed by atoms with Crippen LogP contribution in [0.1, 0.15) is 49.4 Å². The van der Waals surface area contributed by atoms with Crippen molar-refractivity contribution in [2.75, 3.05) is 0 Å². The van der Waals surface area contributed by atoms with E-state index in [1.807, 2.05) is 5.38 Å². The quantitative estimate of drug-likeness (QED) is 0.734. The molecule has 1 saturated carbocycles. The first-order valence-corrected chi connectivity index (χ1v) is 6.58. The Morgan fingerprint density at radius 3 is 2.73 bits per heavy atom. The van der Waals surface area contributed by atoms with E-state index in [0.29, 0.717) is 5.78 Å². The fourth-order valence-corrected chi connectivity index (χ4v) is 2.92. The molecule has 0 atom stereocenters. The molecule has 3 heteroatoms. The minimum atomic E-state index is 0.268. The van der Waals surface area contributed by atoms with Crippen LogP contribution in [0, 0.1) is 11.8 Å². The van der Waals surface area contributed by atoms with Crippen molar-refractivity contribution in [1.29, 1.82) is 0 Å². The standard InChI is InChI=1S/C12H17NOS/c1-2-9-3-5-10(6-4-9)12(14)11-7-13-15-8-11/h7-10H,2-6H2,1H3. The molecule has 0 N–H and O–H groups in total. The smallest absolute Gasteiger partial charge is 0.168 e. The molecular weight excluding hydrogens is 206 g/mol. The summed E-state index contributed by atoms with van der Waals surface area (Å²) in [6.45, 7) is 2.25. The first-order chi connectivity index (χ1) is 7.31. The maximum Gasteiger partial charge on any atom is 0.168 e. The van der Waals surface area contributed by atoms with Crippen molar-refractivity contribution in [2.45, 2.75) is 39.0 Å². The summed E-state index contributed by atoms with van der Waals surface area (Å²) >= 11 is 1.37. The Morgan fingerprint density at radius 2 is 2.20 bits per heavy atom. The molecule has 0 aliphatic heterocycles. The Kier molecular flexibility index (Phi) is 3.52. The number of carbonyl (C=O) groups excluding carboxylic acids is 1. The molecule has 2 rings (SSSR count). The lowest BCUT2D eigenvalue weighted by molar-refractivity contribution is 0.0871. The Balaban J connectivity index is 1.93. The molecule has 15 heavy (non-hydrogen) atoms. The van der Waals surface area contributed by atoms with Crippen LogP contribution in [0.3, 0.4) is 0 Å². The van der Waals surface area contributed by atoms with Crippen LogP contribution < -0.4 is 0 Å². The van der Waals surface area contributed by atoms with Crippen LogP contribution in [-0.2, 0) is 0 Å². The SMILES string of the molecule is CCC1CCC(C(=O)c2cnsc2)CC1. The van der Waals surface area contributed by atoms with E-state index < -0.39 is 0 Å². The van der Waals surface area contributed by atoms with E-state index in [1.165, 1.54) is 30.8 Å². The number of nitrogens with zero attached hydrogens (tertiary/aromatic N) is 1. The monoisotopic (exact) mass is 223 g/mol. The number of rotatable bonds is 3. The first kappa shape index (κ1) is 10.8. The molecule has 0 unspecified atom stereocenters. The van der Waals surface area contributed by atoms with E-state index in [0.717, 1.165) is 24.3 Å². The molecule has 0 radical (unpaired) electrons. The third-order valence-electron chi connectivity index (χ3n) is 3.51. The lowest BCUT2D eigenvalue weighted by Gasteiger charge is -2.26. The van der Waals surface area contributed by atoms with Gasteiger partial charge in [0.1, 0.15) is 0 Å². The average molecular weight is 223 g/mol. The zero-order chi connectivity index (χ0) is 10.7. The third-order valence-corrected chi connectivity index (χ3v) is 4.10. The molecule has 1 aromatic heterocycles. The molecule has 1 aromatic rings. The van der Waals surface area contributed by atoms with Gasteiger partial charge in [0.05, 0.1) is 6.20 Å². The van der Waals surface area contributed by atoms with E-state index in [2.05, 4.69) is 11.3 Å². The van der Waals surface area contributed by atoms with E-state index in [4.69, 9.17) is 0 Å². The number of Topliss-reactive ketones (excluding diaryl/α,β-unsaturated/α-hetero) is 1. The van der Waals surface area contributed by atoms with Crippen LogP contribution in [-0.4, -0.2) is 10.2 Å². The second kappa shape index (κ2) is 4.88. The number of hydrogen-bond acceptors (Lipinski definition) is 3. The maximum absolute atomic E-state index is 12.0. The van der Waals surface area contributed by atoms with Crippen molar-refractivity contribution < 1.29 is 4.79 Å². The zero-order valence-electron chi connectivity index (χ0n) is 9.11. The molecule has 0 bridgehead atoms. The topological polar surface area (TPSA) is 30.0 Å². The van der Waals surface area contributed by atoms with Gasteiger partial charge in [0.15, 0.2) is 5.78 Å². The lowest BCUT2D eigenvalue weighted by atomic mass is 9.78. The van der Waals surface area contributed by atoms with Crippen molar-refractivity contribution in [3.63, 3.8) is 0 Å². The van der Waals surface area contributed by atoms with Gasteiger partial charge in [0.2, 0.25) is 0 Å². The Morgan fingerprint density at radius 1 is 1.47 bits per heavy atom. The van der Waals surface area contributed by atoms with Gasteiger partial charge in [-0.2, -0.15) is 0 Å². The maximum atomic E-state index is 12.0. The summed E-state index contributed by atoms with van der Waals surface area (Å²) in [5, 5.41) is 1.87. The number of ketones is 1. The van der Waals surface area contributed by atoms with E-state index in [1.54, 1.807) is 6.20 Å². The van der Waals surface area contributed by atoms with Gasteiger partial charge in [-0.25, -0.2) is 4.37 Å². The zero-order valence-corrected chi connectivity index (χ0v) is 9.93. The molecule has 0 amide bonds. The normalized spacial score (nSPS) is 26.5. The second-order valence-corrected chi connectivity index (χ2v) is 5.06. The first-order valence-electron chi connectivity index (χ1n) is 5.74. The van der Waals surface area contributed by atoms with Crippen molar-refractivity contribution in [3.8, 4) is 0 Å². The van der Waals surface area contributed by atoms with Gasteiger partial charge in [-0.15, -0.1) is 0 Å². The van der Waals surface area contributed by atoms with Gasteiger partial charge in [-0.3, -0.25) is 4.79 Å². The Bertz CT molecular complexity index is 312. The number of hydrogen-bond donors (Lipinski definition) is 0. The summed E-state index contributed by atoms with van der Waals surface area (Å²) in [6, 6.07) is 0. The van der Waals surface area contributed by atoms with Crippen molar-refractivity contribution in [3.05, 3.63) is 17.1 Å². The van der Waals surface area contributed by atoms with Gasteiger partial charge in [0, 0.05) is 16.9 Å². The molecule has 1 heterocycles. The molecule has 0 saturated heterocycles. The van der Waals surface area contributed by atoms with Crippen LogP contribution in [0.15, 0.2) is 11.6 Å². The van der Waals surface area contributed by atoms with Crippen LogP contribution in [0.25, 0.3) is 0 Å². The third kappa shape index (κ3) is 2.46. The number of aromatic nitrogens is 1. The molecule has 1 aliphatic rings. The molecule has 0 spiro atoms. The molecule has 82 valence electrons. The summed E-state index contributed by atoms with van der Waals surface area (Å²) in [6.07, 6.45) is 7.58.